The molecule has 0 saturated carbocycles. The summed E-state index contributed by atoms with van der Waals surface area (Å²) in [4.78, 5) is 0.199. The second-order valence-corrected chi connectivity index (χ2v) is 6.74. The topological polar surface area (TPSA) is 72.2 Å². The van der Waals surface area contributed by atoms with Crippen LogP contribution in [0.15, 0.2) is 23.1 Å². The molecule has 0 radical (unpaired) electrons. The summed E-state index contributed by atoms with van der Waals surface area (Å²) >= 11 is 1.62. The molecule has 102 valence electrons. The SMILES string of the molecule is CCC(CSC)NS(=O)(=O)c1c(C)cccc1N. The van der Waals surface area contributed by atoms with Gasteiger partial charge in [-0.05, 0) is 31.2 Å². The van der Waals surface area contributed by atoms with E-state index in [4.69, 9.17) is 5.73 Å². The van der Waals surface area contributed by atoms with Gasteiger partial charge in [-0.25, -0.2) is 13.1 Å². The molecule has 0 aliphatic carbocycles. The average molecular weight is 288 g/mol. The Morgan fingerprint density at radius 1 is 1.44 bits per heavy atom. The number of hydrogen-bond donors (Lipinski definition) is 2. The Kier molecular flexibility index (Phi) is 5.49. The number of aryl methyl sites for hydroxylation is 1. The zero-order valence-corrected chi connectivity index (χ0v) is 12.6. The van der Waals surface area contributed by atoms with Crippen molar-refractivity contribution in [3.05, 3.63) is 23.8 Å². The first-order valence-corrected chi connectivity index (χ1v) is 8.66. The van der Waals surface area contributed by atoms with Crippen molar-refractivity contribution >= 4 is 27.5 Å². The fraction of sp³-hybridized carbons (Fsp3) is 0.500. The first kappa shape index (κ1) is 15.3. The van der Waals surface area contributed by atoms with Crippen LogP contribution in [0.25, 0.3) is 0 Å². The molecule has 0 aliphatic heterocycles. The lowest BCUT2D eigenvalue weighted by atomic mass is 10.2. The van der Waals surface area contributed by atoms with Gasteiger partial charge in [0.05, 0.1) is 5.69 Å². The van der Waals surface area contributed by atoms with E-state index in [0.29, 0.717) is 11.3 Å². The van der Waals surface area contributed by atoms with Gasteiger partial charge in [0.1, 0.15) is 4.90 Å². The van der Waals surface area contributed by atoms with E-state index in [1.54, 1.807) is 36.9 Å². The molecule has 0 bridgehead atoms. The highest BCUT2D eigenvalue weighted by Gasteiger charge is 2.22. The Balaban J connectivity index is 3.06. The van der Waals surface area contributed by atoms with Gasteiger partial charge in [0, 0.05) is 11.8 Å². The Labute approximate surface area is 113 Å². The molecule has 6 heteroatoms. The lowest BCUT2D eigenvalue weighted by molar-refractivity contribution is 0.558. The number of thioether (sulfide) groups is 1. The van der Waals surface area contributed by atoms with Crippen LogP contribution >= 0.6 is 11.8 Å². The van der Waals surface area contributed by atoms with E-state index in [-0.39, 0.29) is 10.9 Å². The van der Waals surface area contributed by atoms with Gasteiger partial charge >= 0.3 is 0 Å². The van der Waals surface area contributed by atoms with E-state index >= 15 is 0 Å². The summed E-state index contributed by atoms with van der Waals surface area (Å²) < 4.78 is 27.3. The third kappa shape index (κ3) is 3.63. The second-order valence-electron chi connectivity index (χ2n) is 4.18. The molecule has 0 saturated heterocycles. The maximum atomic E-state index is 12.3. The maximum Gasteiger partial charge on any atom is 0.243 e. The van der Waals surface area contributed by atoms with Gasteiger partial charge in [0.15, 0.2) is 0 Å². The summed E-state index contributed by atoms with van der Waals surface area (Å²) in [6.45, 7) is 3.71. The van der Waals surface area contributed by atoms with Gasteiger partial charge in [0.25, 0.3) is 0 Å². The van der Waals surface area contributed by atoms with E-state index in [2.05, 4.69) is 4.72 Å². The van der Waals surface area contributed by atoms with Crippen molar-refractivity contribution in [2.75, 3.05) is 17.7 Å². The van der Waals surface area contributed by atoms with Crippen molar-refractivity contribution in [2.45, 2.75) is 31.2 Å². The minimum atomic E-state index is -3.54. The Bertz CT molecular complexity index is 481. The molecule has 0 aliphatic rings. The van der Waals surface area contributed by atoms with E-state index in [1.807, 2.05) is 13.2 Å². The third-order valence-corrected chi connectivity index (χ3v) is 5.17. The van der Waals surface area contributed by atoms with Crippen molar-refractivity contribution in [1.29, 1.82) is 0 Å². The molecular weight excluding hydrogens is 268 g/mol. The minimum Gasteiger partial charge on any atom is -0.398 e. The highest BCUT2D eigenvalue weighted by atomic mass is 32.2. The zero-order valence-electron chi connectivity index (χ0n) is 10.9. The maximum absolute atomic E-state index is 12.3. The number of rotatable bonds is 6. The summed E-state index contributed by atoms with van der Waals surface area (Å²) in [5, 5.41) is 0. The lowest BCUT2D eigenvalue weighted by Gasteiger charge is -2.18. The fourth-order valence-electron chi connectivity index (χ4n) is 1.76. The molecule has 0 fully saturated rings. The third-order valence-electron chi connectivity index (χ3n) is 2.69. The van der Waals surface area contributed by atoms with E-state index in [9.17, 15) is 8.42 Å². The Hall–Kier alpha value is -0.720. The monoisotopic (exact) mass is 288 g/mol. The van der Waals surface area contributed by atoms with E-state index in [0.717, 1.165) is 12.2 Å². The molecule has 0 heterocycles. The highest BCUT2D eigenvalue weighted by molar-refractivity contribution is 7.98. The minimum absolute atomic E-state index is 0.0657. The van der Waals surface area contributed by atoms with Crippen LogP contribution < -0.4 is 10.5 Å². The van der Waals surface area contributed by atoms with Gasteiger partial charge in [-0.1, -0.05) is 19.1 Å². The lowest BCUT2D eigenvalue weighted by Crippen LogP contribution is -2.36. The van der Waals surface area contributed by atoms with Gasteiger partial charge in [-0.2, -0.15) is 11.8 Å². The molecule has 1 aromatic rings. The Morgan fingerprint density at radius 2 is 2.11 bits per heavy atom. The predicted molar refractivity (Wildman–Crippen MR) is 78.4 cm³/mol. The molecule has 0 aromatic heterocycles. The molecule has 3 N–H and O–H groups in total. The number of nitrogens with two attached hydrogens (primary N) is 1. The van der Waals surface area contributed by atoms with Crippen molar-refractivity contribution in [1.82, 2.24) is 4.72 Å². The number of sulfonamides is 1. The summed E-state index contributed by atoms with van der Waals surface area (Å²) in [6.07, 6.45) is 2.71. The number of anilines is 1. The normalized spacial score (nSPS) is 13.5. The predicted octanol–water partition coefficient (Wildman–Crippen LogP) is 2.00. The number of hydrogen-bond acceptors (Lipinski definition) is 4. The summed E-state index contributed by atoms with van der Waals surface area (Å²) in [5.41, 5.74) is 6.74. The van der Waals surface area contributed by atoms with Crippen molar-refractivity contribution in [3.63, 3.8) is 0 Å². The average Bonchev–Trinajstić information content (AvgIpc) is 2.27. The smallest absolute Gasteiger partial charge is 0.243 e. The van der Waals surface area contributed by atoms with Crippen LogP contribution in [-0.4, -0.2) is 26.5 Å². The molecule has 1 unspecified atom stereocenters. The fourth-order valence-corrected chi connectivity index (χ4v) is 4.26. The molecule has 1 atom stereocenters. The van der Waals surface area contributed by atoms with Gasteiger partial charge in [-0.3, -0.25) is 0 Å². The van der Waals surface area contributed by atoms with Crippen LogP contribution in [0.4, 0.5) is 5.69 Å². The zero-order chi connectivity index (χ0) is 13.8. The molecule has 1 rings (SSSR count). The quantitative estimate of drug-likeness (QED) is 0.785. The number of benzene rings is 1. The van der Waals surface area contributed by atoms with Crippen molar-refractivity contribution in [2.24, 2.45) is 0 Å². The molecule has 4 nitrogen and oxygen atoms in total. The summed E-state index contributed by atoms with van der Waals surface area (Å²) in [5.74, 6) is 0.752. The van der Waals surface area contributed by atoms with Gasteiger partial charge in [0.2, 0.25) is 10.0 Å². The molecular formula is C12H20N2O2S2. The van der Waals surface area contributed by atoms with Crippen LogP contribution in [0.5, 0.6) is 0 Å². The van der Waals surface area contributed by atoms with Crippen LogP contribution in [0.1, 0.15) is 18.9 Å². The molecule has 1 aromatic carbocycles. The van der Waals surface area contributed by atoms with Crippen molar-refractivity contribution < 1.29 is 8.42 Å². The van der Waals surface area contributed by atoms with Crippen LogP contribution in [-0.2, 0) is 10.0 Å². The van der Waals surface area contributed by atoms with E-state index in [1.165, 1.54) is 0 Å². The van der Waals surface area contributed by atoms with Gasteiger partial charge < -0.3 is 5.73 Å². The summed E-state index contributed by atoms with van der Waals surface area (Å²) in [6, 6.07) is 5.05. The first-order chi connectivity index (χ1) is 8.42. The van der Waals surface area contributed by atoms with Crippen LogP contribution in [0, 0.1) is 6.92 Å². The largest absolute Gasteiger partial charge is 0.398 e. The van der Waals surface area contributed by atoms with Crippen LogP contribution in [0.2, 0.25) is 0 Å². The Morgan fingerprint density at radius 3 is 2.61 bits per heavy atom. The highest BCUT2D eigenvalue weighted by Crippen LogP contribution is 2.22. The molecule has 0 amide bonds. The molecule has 18 heavy (non-hydrogen) atoms. The van der Waals surface area contributed by atoms with Crippen LogP contribution in [0.3, 0.4) is 0 Å². The summed E-state index contributed by atoms with van der Waals surface area (Å²) in [7, 11) is -3.54. The van der Waals surface area contributed by atoms with Gasteiger partial charge in [-0.15, -0.1) is 0 Å². The number of nitrogen functional groups attached to an aromatic ring is 1. The standard InChI is InChI=1S/C12H20N2O2S2/c1-4-10(8-17-3)14-18(15,16)12-9(2)6-5-7-11(12)13/h5-7,10,14H,4,8,13H2,1-3H3. The second kappa shape index (κ2) is 6.45. The number of nitrogens with one attached hydrogen (secondary N) is 1. The van der Waals surface area contributed by atoms with E-state index < -0.39 is 10.0 Å². The first-order valence-electron chi connectivity index (χ1n) is 5.78. The van der Waals surface area contributed by atoms with Crippen molar-refractivity contribution in [3.8, 4) is 0 Å². The molecule has 0 spiro atoms.